The Morgan fingerprint density at radius 1 is 1.29 bits per heavy atom. The summed E-state index contributed by atoms with van der Waals surface area (Å²) in [6.07, 6.45) is 2.89. The van der Waals surface area contributed by atoms with Crippen LogP contribution in [0.1, 0.15) is 24.1 Å². The number of benzene rings is 1. The predicted octanol–water partition coefficient (Wildman–Crippen LogP) is 1.13. The molecule has 1 atom stereocenters. The second-order valence-electron chi connectivity index (χ2n) is 7.18. The van der Waals surface area contributed by atoms with Crippen molar-refractivity contribution >= 4 is 22.9 Å². The maximum absolute atomic E-state index is 11.9. The largest absolute Gasteiger partial charge is 0.368 e. The van der Waals surface area contributed by atoms with Crippen LogP contribution in [0.25, 0.3) is 11.0 Å². The first kappa shape index (κ1) is 17.9. The number of nitrogens with two attached hydrogens (primary N) is 2. The number of hydrogen-bond acceptors (Lipinski definition) is 6. The van der Waals surface area contributed by atoms with E-state index >= 15 is 0 Å². The second-order valence-corrected chi connectivity index (χ2v) is 7.18. The molecule has 1 saturated heterocycles. The molecule has 0 saturated carbocycles. The van der Waals surface area contributed by atoms with E-state index in [-0.39, 0.29) is 0 Å². The number of aromatic nitrogens is 3. The van der Waals surface area contributed by atoms with Crippen LogP contribution in [0.3, 0.4) is 0 Å². The number of para-hydroxylation sites is 2. The van der Waals surface area contributed by atoms with E-state index in [0.717, 1.165) is 35.6 Å². The molecule has 8 nitrogen and oxygen atoms in total. The zero-order valence-corrected chi connectivity index (χ0v) is 15.4. The van der Waals surface area contributed by atoms with E-state index in [2.05, 4.69) is 15.6 Å². The van der Waals surface area contributed by atoms with Gasteiger partial charge in [-0.1, -0.05) is 12.1 Å². The fraction of sp³-hybridized carbons (Fsp3) is 0.300. The van der Waals surface area contributed by atoms with E-state index < -0.39 is 11.4 Å². The van der Waals surface area contributed by atoms with Gasteiger partial charge in [-0.25, -0.2) is 4.98 Å². The molecular weight excluding hydrogens is 354 g/mol. The Hall–Kier alpha value is -3.44. The summed E-state index contributed by atoms with van der Waals surface area (Å²) < 4.78 is 2.07. The van der Waals surface area contributed by atoms with Crippen LogP contribution in [0.5, 0.6) is 0 Å². The van der Waals surface area contributed by atoms with Crippen molar-refractivity contribution in [1.29, 1.82) is 5.26 Å². The van der Waals surface area contributed by atoms with Crippen LogP contribution in [0.2, 0.25) is 0 Å². The number of fused-ring (bicyclic) bond motifs is 1. The van der Waals surface area contributed by atoms with Gasteiger partial charge in [-0.3, -0.25) is 9.78 Å². The van der Waals surface area contributed by atoms with E-state index in [9.17, 15) is 4.79 Å². The number of rotatable bonds is 4. The molecule has 3 aromatic rings. The topological polar surface area (TPSA) is 127 Å². The van der Waals surface area contributed by atoms with E-state index in [1.165, 1.54) is 0 Å². The lowest BCUT2D eigenvalue weighted by atomic mass is 9.89. The predicted molar refractivity (Wildman–Crippen MR) is 105 cm³/mol. The van der Waals surface area contributed by atoms with Gasteiger partial charge in [0.05, 0.1) is 28.8 Å². The average molecular weight is 375 g/mol. The third-order valence-corrected chi connectivity index (χ3v) is 5.21. The number of nitriles is 1. The standard InChI is InChI=1S/C20H21N7O/c21-10-14-6-7-15(24-11-14)12-27-17-5-2-1-4-16(17)25-19(27)26-9-3-8-20(23,13-26)18(22)28/h1-2,4-7,11H,3,8-9,12-13,23H2,(H2,22,28)/t20-/m0/s1. The molecule has 0 bridgehead atoms. The summed E-state index contributed by atoms with van der Waals surface area (Å²) >= 11 is 0. The molecule has 8 heteroatoms. The molecule has 1 aromatic carbocycles. The van der Waals surface area contributed by atoms with Crippen molar-refractivity contribution in [3.63, 3.8) is 0 Å². The third kappa shape index (κ3) is 3.17. The molecule has 3 heterocycles. The molecular formula is C20H21N7O. The summed E-state index contributed by atoms with van der Waals surface area (Å²) in [5.74, 6) is 0.247. The number of primary amides is 1. The molecule has 2 aromatic heterocycles. The molecule has 1 fully saturated rings. The molecule has 4 N–H and O–H groups in total. The molecule has 28 heavy (non-hydrogen) atoms. The van der Waals surface area contributed by atoms with Gasteiger partial charge in [-0.15, -0.1) is 0 Å². The van der Waals surface area contributed by atoms with Crippen molar-refractivity contribution in [1.82, 2.24) is 14.5 Å². The Bertz CT molecular complexity index is 1070. The van der Waals surface area contributed by atoms with Crippen LogP contribution in [-0.2, 0) is 11.3 Å². The number of amides is 1. The minimum Gasteiger partial charge on any atom is -0.368 e. The molecule has 1 aliphatic heterocycles. The van der Waals surface area contributed by atoms with Gasteiger partial charge in [0, 0.05) is 19.3 Å². The summed E-state index contributed by atoms with van der Waals surface area (Å²) in [7, 11) is 0. The Labute approximate surface area is 162 Å². The Morgan fingerprint density at radius 3 is 2.82 bits per heavy atom. The van der Waals surface area contributed by atoms with Crippen LogP contribution in [-0.4, -0.2) is 39.1 Å². The van der Waals surface area contributed by atoms with Gasteiger partial charge < -0.3 is 20.9 Å². The highest BCUT2D eigenvalue weighted by Gasteiger charge is 2.38. The van der Waals surface area contributed by atoms with Gasteiger partial charge in [-0.05, 0) is 37.1 Å². The normalized spacial score (nSPS) is 19.5. The minimum atomic E-state index is -1.06. The highest BCUT2D eigenvalue weighted by Crippen LogP contribution is 2.28. The van der Waals surface area contributed by atoms with Crippen molar-refractivity contribution in [2.24, 2.45) is 11.5 Å². The lowest BCUT2D eigenvalue weighted by molar-refractivity contribution is -0.123. The SMILES string of the molecule is N#Cc1ccc(Cn2c(N3CCC[C@@](N)(C(N)=O)C3)nc3ccccc32)nc1. The minimum absolute atomic E-state index is 0.326. The number of imidazole rings is 1. The van der Waals surface area contributed by atoms with Crippen LogP contribution in [0.15, 0.2) is 42.6 Å². The molecule has 0 spiro atoms. The lowest BCUT2D eigenvalue weighted by Crippen LogP contribution is -2.62. The number of carbonyl (C=O) groups excluding carboxylic acids is 1. The van der Waals surface area contributed by atoms with Crippen molar-refractivity contribution in [2.45, 2.75) is 24.9 Å². The highest BCUT2D eigenvalue weighted by atomic mass is 16.1. The highest BCUT2D eigenvalue weighted by molar-refractivity contribution is 5.86. The number of pyridine rings is 1. The quantitative estimate of drug-likeness (QED) is 0.704. The van der Waals surface area contributed by atoms with Crippen LogP contribution in [0, 0.1) is 11.3 Å². The summed E-state index contributed by atoms with van der Waals surface area (Å²) in [6.45, 7) is 1.56. The maximum Gasteiger partial charge on any atom is 0.239 e. The Balaban J connectivity index is 1.75. The Morgan fingerprint density at radius 2 is 2.11 bits per heavy atom. The zero-order valence-electron chi connectivity index (χ0n) is 15.4. The second kappa shape index (κ2) is 6.94. The fourth-order valence-electron chi connectivity index (χ4n) is 3.66. The first-order valence-corrected chi connectivity index (χ1v) is 9.14. The number of anilines is 1. The Kier molecular flexibility index (Phi) is 4.45. The fourth-order valence-corrected chi connectivity index (χ4v) is 3.66. The molecule has 0 radical (unpaired) electrons. The first-order chi connectivity index (χ1) is 13.5. The molecule has 1 amide bonds. The number of hydrogen-bond donors (Lipinski definition) is 2. The molecule has 4 rings (SSSR count). The van der Waals surface area contributed by atoms with Crippen molar-refractivity contribution < 1.29 is 4.79 Å². The van der Waals surface area contributed by atoms with E-state index in [0.29, 0.717) is 25.1 Å². The zero-order chi connectivity index (χ0) is 19.7. The van der Waals surface area contributed by atoms with Crippen molar-refractivity contribution in [3.8, 4) is 6.07 Å². The molecule has 0 unspecified atom stereocenters. The van der Waals surface area contributed by atoms with E-state index in [4.69, 9.17) is 21.7 Å². The van der Waals surface area contributed by atoms with Crippen LogP contribution >= 0.6 is 0 Å². The molecule has 142 valence electrons. The van der Waals surface area contributed by atoms with Gasteiger partial charge in [0.15, 0.2) is 0 Å². The monoisotopic (exact) mass is 375 g/mol. The lowest BCUT2D eigenvalue weighted by Gasteiger charge is -2.38. The van der Waals surface area contributed by atoms with Gasteiger partial charge in [0.25, 0.3) is 0 Å². The third-order valence-electron chi connectivity index (χ3n) is 5.21. The summed E-state index contributed by atoms with van der Waals surface area (Å²) in [4.78, 5) is 23.1. The number of nitrogens with zero attached hydrogens (tertiary/aromatic N) is 5. The summed E-state index contributed by atoms with van der Waals surface area (Å²) in [6, 6.07) is 13.5. The van der Waals surface area contributed by atoms with Gasteiger partial charge in [0.2, 0.25) is 11.9 Å². The number of carbonyl (C=O) groups is 1. The van der Waals surface area contributed by atoms with Gasteiger partial charge in [0.1, 0.15) is 11.6 Å². The van der Waals surface area contributed by atoms with E-state index in [1.54, 1.807) is 12.3 Å². The van der Waals surface area contributed by atoms with Crippen LogP contribution in [0.4, 0.5) is 5.95 Å². The van der Waals surface area contributed by atoms with Crippen molar-refractivity contribution in [2.75, 3.05) is 18.0 Å². The number of piperidine rings is 1. The van der Waals surface area contributed by atoms with Crippen LogP contribution < -0.4 is 16.4 Å². The summed E-state index contributed by atoms with van der Waals surface area (Å²) in [5.41, 5.74) is 13.9. The smallest absolute Gasteiger partial charge is 0.239 e. The average Bonchev–Trinajstić information content (AvgIpc) is 3.07. The van der Waals surface area contributed by atoms with Gasteiger partial charge >= 0.3 is 0 Å². The van der Waals surface area contributed by atoms with E-state index in [1.807, 2.05) is 35.2 Å². The first-order valence-electron chi connectivity index (χ1n) is 9.14. The molecule has 1 aliphatic rings. The molecule has 0 aliphatic carbocycles. The van der Waals surface area contributed by atoms with Gasteiger partial charge in [-0.2, -0.15) is 5.26 Å². The van der Waals surface area contributed by atoms with Crippen molar-refractivity contribution in [3.05, 3.63) is 53.9 Å². The summed E-state index contributed by atoms with van der Waals surface area (Å²) in [5, 5.41) is 8.97. The maximum atomic E-state index is 11.9.